The molecule has 0 saturated carbocycles. The predicted octanol–water partition coefficient (Wildman–Crippen LogP) is 2.05. The number of rotatable bonds is 9. The number of nitrogens with one attached hydrogen (secondary N) is 5. The van der Waals surface area contributed by atoms with Crippen LogP contribution in [0.4, 0.5) is 5.95 Å². The number of Topliss-reactive ketones (excluding diaryl/α,β-unsaturated/α-hetero) is 1. The summed E-state index contributed by atoms with van der Waals surface area (Å²) >= 11 is 0. The van der Waals surface area contributed by atoms with Crippen molar-refractivity contribution in [2.24, 2.45) is 11.8 Å². The van der Waals surface area contributed by atoms with Crippen LogP contribution in [0.2, 0.25) is 0 Å². The summed E-state index contributed by atoms with van der Waals surface area (Å²) in [4.78, 5) is 75.1. The van der Waals surface area contributed by atoms with Gasteiger partial charge in [0.25, 0.3) is 0 Å². The van der Waals surface area contributed by atoms with Gasteiger partial charge < -0.3 is 26.6 Å². The molecule has 2 heterocycles. The lowest BCUT2D eigenvalue weighted by Crippen LogP contribution is -2.57. The highest BCUT2D eigenvalue weighted by Gasteiger charge is 2.38. The number of nitrogens with zero attached hydrogens (tertiary/aromatic N) is 2. The van der Waals surface area contributed by atoms with Gasteiger partial charge in [-0.2, -0.15) is 0 Å². The molecule has 1 fully saturated rings. The number of anilines is 1. The number of carbonyl (C=O) groups excluding carboxylic acids is 5. The molecule has 4 amide bonds. The second-order valence-electron chi connectivity index (χ2n) is 11.3. The van der Waals surface area contributed by atoms with Gasteiger partial charge in [-0.3, -0.25) is 24.0 Å². The molecule has 12 heteroatoms. The Balaban J connectivity index is 1.89. The average Bonchev–Trinajstić information content (AvgIpc) is 3.00. The van der Waals surface area contributed by atoms with Crippen molar-refractivity contribution < 1.29 is 24.0 Å². The summed E-state index contributed by atoms with van der Waals surface area (Å²) in [7, 11) is 0. The van der Waals surface area contributed by atoms with Gasteiger partial charge in [0.2, 0.25) is 29.6 Å². The summed E-state index contributed by atoms with van der Waals surface area (Å²) in [5, 5.41) is 14.4. The highest BCUT2D eigenvalue weighted by atomic mass is 16.2. The van der Waals surface area contributed by atoms with E-state index in [0.717, 1.165) is 0 Å². The van der Waals surface area contributed by atoms with Crippen molar-refractivity contribution >= 4 is 35.4 Å². The highest BCUT2D eigenvalue weighted by molar-refractivity contribution is 5.97. The Hall–Kier alpha value is -4.35. The van der Waals surface area contributed by atoms with Crippen molar-refractivity contribution in [2.75, 3.05) is 18.4 Å². The molecular weight excluding hydrogens is 550 g/mol. The second kappa shape index (κ2) is 15.8. The van der Waals surface area contributed by atoms with Crippen LogP contribution in [-0.4, -0.2) is 64.1 Å². The largest absolute Gasteiger partial charge is 0.354 e. The van der Waals surface area contributed by atoms with Gasteiger partial charge >= 0.3 is 0 Å². The number of hydrogen-bond acceptors (Lipinski definition) is 8. The Morgan fingerprint density at radius 3 is 2.35 bits per heavy atom. The molecule has 1 aromatic heterocycles. The molecule has 4 atom stereocenters. The number of carbonyl (C=O) groups is 5. The van der Waals surface area contributed by atoms with Gasteiger partial charge in [0.05, 0.1) is 5.54 Å². The predicted molar refractivity (Wildman–Crippen MR) is 161 cm³/mol. The molecule has 43 heavy (non-hydrogen) atoms. The molecule has 232 valence electrons. The molecule has 2 aromatic rings. The van der Waals surface area contributed by atoms with Gasteiger partial charge in [0, 0.05) is 43.7 Å². The van der Waals surface area contributed by atoms with E-state index in [1.165, 1.54) is 0 Å². The first-order valence-corrected chi connectivity index (χ1v) is 14.8. The van der Waals surface area contributed by atoms with E-state index >= 15 is 0 Å². The van der Waals surface area contributed by atoms with Gasteiger partial charge in [-0.05, 0) is 44.2 Å². The smallest absolute Gasteiger partial charge is 0.247 e. The van der Waals surface area contributed by atoms with Gasteiger partial charge in [-0.25, -0.2) is 9.97 Å². The second-order valence-corrected chi connectivity index (χ2v) is 11.3. The fourth-order valence-electron chi connectivity index (χ4n) is 4.77. The van der Waals surface area contributed by atoms with Gasteiger partial charge in [0.1, 0.15) is 12.1 Å². The maximum atomic E-state index is 13.8. The Morgan fingerprint density at radius 1 is 1.00 bits per heavy atom. The number of benzene rings is 1. The maximum absolute atomic E-state index is 13.8. The van der Waals surface area contributed by atoms with E-state index in [-0.39, 0.29) is 43.4 Å². The molecule has 5 N–H and O–H groups in total. The zero-order valence-corrected chi connectivity index (χ0v) is 25.3. The van der Waals surface area contributed by atoms with Gasteiger partial charge in [0.15, 0.2) is 5.78 Å². The lowest BCUT2D eigenvalue weighted by atomic mass is 9.84. The average molecular weight is 594 g/mol. The zero-order valence-electron chi connectivity index (χ0n) is 25.3. The Bertz CT molecular complexity index is 1260. The van der Waals surface area contributed by atoms with Crippen molar-refractivity contribution in [3.63, 3.8) is 0 Å². The normalized spacial score (nSPS) is 23.9. The van der Waals surface area contributed by atoms with E-state index in [0.29, 0.717) is 30.9 Å². The minimum atomic E-state index is -1.33. The maximum Gasteiger partial charge on any atom is 0.247 e. The first kappa shape index (κ1) is 33.2. The van der Waals surface area contributed by atoms with E-state index in [1.54, 1.807) is 76.5 Å². The third-order valence-electron chi connectivity index (χ3n) is 7.57. The Labute approximate surface area is 252 Å². The lowest BCUT2D eigenvalue weighted by Gasteiger charge is -2.33. The van der Waals surface area contributed by atoms with Crippen molar-refractivity contribution in [1.82, 2.24) is 31.2 Å². The standard InChI is InChI=1S/C31H43N7O5/c1-5-23-28(42)37-25(21-11-7-6-8-12-21)29(43)32-18-14-31(4,38-26(40)20(2)3)24(39)19-22(27(41)36-23)13-9-15-33-30-34-16-10-17-35-30/h6-8,10-12,16-17,20,22-23,25H,5,9,13-15,18-19H2,1-4H3,(H,32,43)(H,36,41)(H,37,42)(H,38,40)(H,33,34,35)/t22-,23+,25-,31-/m1/s1. The zero-order chi connectivity index (χ0) is 31.4. The number of ketones is 1. The molecule has 1 aliphatic heterocycles. The van der Waals surface area contributed by atoms with Crippen LogP contribution >= 0.6 is 0 Å². The van der Waals surface area contributed by atoms with Crippen LogP contribution in [0, 0.1) is 11.8 Å². The Morgan fingerprint density at radius 2 is 1.70 bits per heavy atom. The van der Waals surface area contributed by atoms with Crippen molar-refractivity contribution in [1.29, 1.82) is 0 Å². The highest BCUT2D eigenvalue weighted by Crippen LogP contribution is 2.22. The van der Waals surface area contributed by atoms with Crippen LogP contribution in [0.15, 0.2) is 48.8 Å². The van der Waals surface area contributed by atoms with E-state index in [2.05, 4.69) is 36.6 Å². The molecule has 12 nitrogen and oxygen atoms in total. The van der Waals surface area contributed by atoms with Gasteiger partial charge in [-0.15, -0.1) is 0 Å². The van der Waals surface area contributed by atoms with E-state index in [4.69, 9.17) is 0 Å². The minimum absolute atomic E-state index is 0.0632. The molecule has 1 aromatic carbocycles. The number of hydrogen-bond donors (Lipinski definition) is 5. The molecule has 0 bridgehead atoms. The quantitative estimate of drug-likeness (QED) is 0.275. The van der Waals surface area contributed by atoms with E-state index < -0.39 is 41.3 Å². The Kier molecular flexibility index (Phi) is 12.2. The first-order chi connectivity index (χ1) is 20.5. The molecule has 0 radical (unpaired) electrons. The minimum Gasteiger partial charge on any atom is -0.354 e. The van der Waals surface area contributed by atoms with Gasteiger partial charge in [-0.1, -0.05) is 51.1 Å². The number of aromatic nitrogens is 2. The third-order valence-corrected chi connectivity index (χ3v) is 7.57. The van der Waals surface area contributed by atoms with Crippen LogP contribution in [-0.2, 0) is 24.0 Å². The molecule has 0 aliphatic carbocycles. The third kappa shape index (κ3) is 9.59. The van der Waals surface area contributed by atoms with Crippen LogP contribution in [0.25, 0.3) is 0 Å². The molecule has 0 unspecified atom stereocenters. The SMILES string of the molecule is CC[C@@H]1NC(=O)[C@H](CCCNc2ncccn2)CC(=O)[C@](C)(NC(=O)C(C)C)CCNC(=O)[C@@H](c2ccccc2)NC1=O. The monoisotopic (exact) mass is 593 g/mol. The summed E-state index contributed by atoms with van der Waals surface area (Å²) < 4.78 is 0. The fourth-order valence-corrected chi connectivity index (χ4v) is 4.77. The number of amides is 4. The van der Waals surface area contributed by atoms with Crippen molar-refractivity contribution in [3.8, 4) is 0 Å². The van der Waals surface area contributed by atoms with Crippen LogP contribution in [0.5, 0.6) is 0 Å². The molecular formula is C31H43N7O5. The summed E-state index contributed by atoms with van der Waals surface area (Å²) in [6, 6.07) is 8.56. The van der Waals surface area contributed by atoms with E-state index in [9.17, 15) is 24.0 Å². The summed E-state index contributed by atoms with van der Waals surface area (Å²) in [5.74, 6) is -2.72. The lowest BCUT2D eigenvalue weighted by molar-refractivity contribution is -0.137. The molecule has 1 aliphatic rings. The van der Waals surface area contributed by atoms with Crippen molar-refractivity contribution in [3.05, 3.63) is 54.4 Å². The molecule has 1 saturated heterocycles. The van der Waals surface area contributed by atoms with E-state index in [1.807, 2.05) is 0 Å². The first-order valence-electron chi connectivity index (χ1n) is 14.8. The summed E-state index contributed by atoms with van der Waals surface area (Å²) in [5.41, 5.74) is -0.760. The van der Waals surface area contributed by atoms with Crippen LogP contribution in [0.1, 0.15) is 71.4 Å². The van der Waals surface area contributed by atoms with Crippen molar-refractivity contribution in [2.45, 2.75) is 77.4 Å². The topological polar surface area (TPSA) is 171 Å². The molecule has 3 rings (SSSR count). The molecule has 0 spiro atoms. The fraction of sp³-hybridized carbons (Fsp3) is 0.516. The summed E-state index contributed by atoms with van der Waals surface area (Å²) in [6.07, 6.45) is 4.32. The summed E-state index contributed by atoms with van der Waals surface area (Å²) in [6.45, 7) is 7.37. The van der Waals surface area contributed by atoms with Crippen LogP contribution < -0.4 is 26.6 Å². The van der Waals surface area contributed by atoms with Crippen LogP contribution in [0.3, 0.4) is 0 Å².